The summed E-state index contributed by atoms with van der Waals surface area (Å²) in [5.74, 6) is 0.334. The molecule has 0 spiro atoms. The van der Waals surface area contributed by atoms with Crippen molar-refractivity contribution in [2.75, 3.05) is 11.5 Å². The summed E-state index contributed by atoms with van der Waals surface area (Å²) >= 11 is 2.80. The van der Waals surface area contributed by atoms with E-state index in [1.54, 1.807) is 11.3 Å². The van der Waals surface area contributed by atoms with E-state index in [1.807, 2.05) is 12.3 Å². The Morgan fingerprint density at radius 1 is 1.24 bits per heavy atom. The van der Waals surface area contributed by atoms with Gasteiger partial charge in [-0.3, -0.25) is 4.98 Å². The van der Waals surface area contributed by atoms with Gasteiger partial charge < -0.3 is 5.73 Å². The number of rotatable bonds is 5. The smallest absolute Gasteiger partial charge is 0.384 e. The molecule has 2 N–H and O–H groups in total. The number of nitrogens with zero attached hydrogens (tertiary/aromatic N) is 3. The molecular formula is C16H15F3N4S2. The maximum atomic E-state index is 12.8. The topological polar surface area (TPSA) is 64.7 Å². The first-order valence-corrected chi connectivity index (χ1v) is 9.43. The number of thioether (sulfide) groups is 1. The highest BCUT2D eigenvalue weighted by Gasteiger charge is 2.33. The van der Waals surface area contributed by atoms with E-state index in [9.17, 15) is 13.2 Å². The minimum atomic E-state index is -4.53. The number of pyridine rings is 1. The number of anilines is 1. The monoisotopic (exact) mass is 384 g/mol. The third-order valence-corrected chi connectivity index (χ3v) is 5.41. The molecule has 0 fully saturated rings. The van der Waals surface area contributed by atoms with Crippen LogP contribution in [0, 0.1) is 0 Å². The molecule has 0 atom stereocenters. The van der Waals surface area contributed by atoms with E-state index >= 15 is 0 Å². The van der Waals surface area contributed by atoms with E-state index < -0.39 is 11.9 Å². The highest BCUT2D eigenvalue weighted by molar-refractivity contribution is 7.99. The summed E-state index contributed by atoms with van der Waals surface area (Å²) in [7, 11) is 0. The van der Waals surface area contributed by atoms with Gasteiger partial charge in [0.05, 0.1) is 4.70 Å². The number of thiophene rings is 1. The number of fused-ring (bicyclic) bond motifs is 1. The third-order valence-electron chi connectivity index (χ3n) is 3.58. The van der Waals surface area contributed by atoms with Gasteiger partial charge in [-0.05, 0) is 35.2 Å². The van der Waals surface area contributed by atoms with Crippen LogP contribution in [0.1, 0.15) is 23.9 Å². The summed E-state index contributed by atoms with van der Waals surface area (Å²) in [6.07, 6.45) is -1.12. The maximum Gasteiger partial charge on any atom is 0.433 e. The van der Waals surface area contributed by atoms with Crippen LogP contribution in [-0.2, 0) is 19.0 Å². The zero-order valence-corrected chi connectivity index (χ0v) is 14.9. The fourth-order valence-corrected chi connectivity index (χ4v) is 4.16. The van der Waals surface area contributed by atoms with Crippen LogP contribution in [0.4, 0.5) is 19.0 Å². The zero-order chi connectivity index (χ0) is 18.0. The first-order chi connectivity index (χ1) is 11.9. The number of nitrogens with two attached hydrogens (primary N) is 1. The van der Waals surface area contributed by atoms with Gasteiger partial charge in [0.2, 0.25) is 0 Å². The fourth-order valence-electron chi connectivity index (χ4n) is 2.34. The molecule has 0 aliphatic heterocycles. The summed E-state index contributed by atoms with van der Waals surface area (Å²) in [5.41, 5.74) is 6.60. The van der Waals surface area contributed by atoms with Gasteiger partial charge in [0.1, 0.15) is 5.82 Å². The summed E-state index contributed by atoms with van der Waals surface area (Å²) in [6.45, 7) is 2.10. The van der Waals surface area contributed by atoms with Crippen molar-refractivity contribution in [1.29, 1.82) is 0 Å². The van der Waals surface area contributed by atoms with E-state index in [0.29, 0.717) is 12.2 Å². The Morgan fingerprint density at radius 3 is 2.76 bits per heavy atom. The largest absolute Gasteiger partial charge is 0.433 e. The maximum absolute atomic E-state index is 12.8. The van der Waals surface area contributed by atoms with E-state index in [2.05, 4.69) is 27.3 Å². The van der Waals surface area contributed by atoms with Gasteiger partial charge in [-0.15, -0.1) is 11.3 Å². The lowest BCUT2D eigenvalue weighted by Crippen LogP contribution is -2.11. The normalized spacial score (nSPS) is 12.0. The molecule has 3 aromatic heterocycles. The number of aryl methyl sites for hydroxylation is 2. The molecule has 0 radical (unpaired) electrons. The van der Waals surface area contributed by atoms with Gasteiger partial charge in [-0.2, -0.15) is 13.2 Å². The molecule has 3 heterocycles. The molecule has 4 nitrogen and oxygen atoms in total. The molecule has 0 saturated heterocycles. The highest BCUT2D eigenvalue weighted by Crippen LogP contribution is 2.30. The lowest BCUT2D eigenvalue weighted by Gasteiger charge is -2.08. The van der Waals surface area contributed by atoms with Crippen LogP contribution in [0.25, 0.3) is 10.1 Å². The lowest BCUT2D eigenvalue weighted by molar-refractivity contribution is -0.141. The second-order valence-corrected chi connectivity index (χ2v) is 7.32. The van der Waals surface area contributed by atoms with Crippen molar-refractivity contribution < 1.29 is 13.2 Å². The van der Waals surface area contributed by atoms with Gasteiger partial charge >= 0.3 is 6.18 Å². The highest BCUT2D eigenvalue weighted by atomic mass is 32.2. The summed E-state index contributed by atoms with van der Waals surface area (Å²) in [4.78, 5) is 11.8. The lowest BCUT2D eigenvalue weighted by atomic mass is 10.1. The Hall–Kier alpha value is -1.87. The minimum Gasteiger partial charge on any atom is -0.384 e. The van der Waals surface area contributed by atoms with Gasteiger partial charge in [0.15, 0.2) is 10.9 Å². The molecule has 0 bridgehead atoms. The van der Waals surface area contributed by atoms with Crippen LogP contribution in [0.15, 0.2) is 28.9 Å². The average Bonchev–Trinajstić information content (AvgIpc) is 2.96. The second-order valence-electron chi connectivity index (χ2n) is 5.34. The standard InChI is InChI=1S/C16H15F3N4S2/c1-2-9-8-25-12-7-21-10(5-11(9)12)3-4-24-15-22-13(16(17,18)19)6-14(20)23-15/h5-8H,2-4H2,1H3,(H2,20,22,23). The number of hydrogen-bond acceptors (Lipinski definition) is 6. The Balaban J connectivity index is 1.70. The number of aromatic nitrogens is 3. The predicted molar refractivity (Wildman–Crippen MR) is 94.9 cm³/mol. The van der Waals surface area contributed by atoms with E-state index in [-0.39, 0.29) is 11.0 Å². The molecule has 0 aliphatic rings. The summed E-state index contributed by atoms with van der Waals surface area (Å²) in [6, 6.07) is 2.79. The van der Waals surface area contributed by atoms with Gasteiger partial charge in [0.25, 0.3) is 0 Å². The molecule has 9 heteroatoms. The van der Waals surface area contributed by atoms with Crippen molar-refractivity contribution in [2.24, 2.45) is 0 Å². The zero-order valence-electron chi connectivity index (χ0n) is 13.3. The van der Waals surface area contributed by atoms with E-state index in [1.165, 1.54) is 10.9 Å². The van der Waals surface area contributed by atoms with Crippen molar-refractivity contribution >= 4 is 39.0 Å². The predicted octanol–water partition coefficient (Wildman–Crippen LogP) is 4.58. The van der Waals surface area contributed by atoms with Crippen LogP contribution in [0.2, 0.25) is 0 Å². The van der Waals surface area contributed by atoms with Gasteiger partial charge in [-0.25, -0.2) is 9.97 Å². The Labute approximate surface area is 150 Å². The van der Waals surface area contributed by atoms with E-state index in [4.69, 9.17) is 5.73 Å². The fraction of sp³-hybridized carbons (Fsp3) is 0.312. The first kappa shape index (κ1) is 17.9. The van der Waals surface area contributed by atoms with Crippen molar-refractivity contribution in [1.82, 2.24) is 15.0 Å². The number of nitrogen functional groups attached to an aromatic ring is 1. The molecule has 0 aromatic carbocycles. The van der Waals surface area contributed by atoms with Crippen LogP contribution in [0.5, 0.6) is 0 Å². The first-order valence-electron chi connectivity index (χ1n) is 7.56. The molecule has 0 saturated carbocycles. The quantitative estimate of drug-likeness (QED) is 0.515. The number of hydrogen-bond donors (Lipinski definition) is 1. The number of alkyl halides is 3. The summed E-state index contributed by atoms with van der Waals surface area (Å²) in [5, 5.41) is 3.35. The molecule has 3 aromatic rings. The minimum absolute atomic E-state index is 0.0261. The molecule has 0 aliphatic carbocycles. The van der Waals surface area contributed by atoms with Crippen molar-refractivity contribution in [3.05, 3.63) is 40.7 Å². The van der Waals surface area contributed by atoms with Crippen molar-refractivity contribution in [3.63, 3.8) is 0 Å². The van der Waals surface area contributed by atoms with Crippen molar-refractivity contribution in [3.8, 4) is 0 Å². The second kappa shape index (κ2) is 7.17. The van der Waals surface area contributed by atoms with Gasteiger partial charge in [-0.1, -0.05) is 18.7 Å². The van der Waals surface area contributed by atoms with Crippen LogP contribution in [0.3, 0.4) is 0 Å². The molecule has 3 rings (SSSR count). The van der Waals surface area contributed by atoms with E-state index in [0.717, 1.165) is 34.6 Å². The van der Waals surface area contributed by atoms with Crippen molar-refractivity contribution in [2.45, 2.75) is 31.1 Å². The third kappa shape index (κ3) is 4.21. The Morgan fingerprint density at radius 2 is 2.04 bits per heavy atom. The Kier molecular flexibility index (Phi) is 5.14. The molecule has 132 valence electrons. The SMILES string of the molecule is CCc1csc2cnc(CCSc3nc(N)cc(C(F)(F)F)n3)cc12. The molecule has 25 heavy (non-hydrogen) atoms. The molecule has 0 amide bonds. The van der Waals surface area contributed by atoms with Crippen LogP contribution < -0.4 is 5.73 Å². The van der Waals surface area contributed by atoms with Crippen LogP contribution in [-0.4, -0.2) is 20.7 Å². The number of halogens is 3. The summed E-state index contributed by atoms with van der Waals surface area (Å²) < 4.78 is 39.4. The Bertz CT molecular complexity index is 893. The van der Waals surface area contributed by atoms with Crippen LogP contribution >= 0.6 is 23.1 Å². The van der Waals surface area contributed by atoms with Gasteiger partial charge in [0, 0.05) is 23.7 Å². The molecular weight excluding hydrogens is 369 g/mol. The average molecular weight is 384 g/mol. The molecule has 0 unspecified atom stereocenters.